The standard InChI is InChI=1S/C19H38F2N4O/c1-15(26-13-12-24-6-4-17(22)5-7-24)14-18(21)19(16(2)20)25-10-8-23(3)9-11-25/h15-19H,4-14,22H2,1-3H3. The molecule has 0 radical (unpaired) electrons. The van der Waals surface area contributed by atoms with E-state index in [4.69, 9.17) is 10.5 Å². The van der Waals surface area contributed by atoms with Gasteiger partial charge in [-0.05, 0) is 46.8 Å². The summed E-state index contributed by atoms with van der Waals surface area (Å²) in [7, 11) is 2.05. The van der Waals surface area contributed by atoms with E-state index in [2.05, 4.69) is 9.80 Å². The summed E-state index contributed by atoms with van der Waals surface area (Å²) in [6.45, 7) is 10.0. The Morgan fingerprint density at radius 2 is 1.65 bits per heavy atom. The van der Waals surface area contributed by atoms with E-state index in [9.17, 15) is 8.78 Å². The van der Waals surface area contributed by atoms with Crippen LogP contribution in [0.5, 0.6) is 0 Å². The largest absolute Gasteiger partial charge is 0.377 e. The SMILES string of the molecule is CC(CC(F)C(C(C)F)N1CCN(C)CC1)OCCN1CCC(N)CC1. The van der Waals surface area contributed by atoms with E-state index < -0.39 is 18.4 Å². The quantitative estimate of drug-likeness (QED) is 0.661. The van der Waals surface area contributed by atoms with Crippen molar-refractivity contribution in [3.05, 3.63) is 0 Å². The second-order valence-corrected chi connectivity index (χ2v) is 8.12. The molecule has 4 atom stereocenters. The smallest absolute Gasteiger partial charge is 0.121 e. The van der Waals surface area contributed by atoms with E-state index in [-0.39, 0.29) is 12.5 Å². The van der Waals surface area contributed by atoms with Gasteiger partial charge in [0, 0.05) is 45.2 Å². The molecule has 0 aromatic carbocycles. The van der Waals surface area contributed by atoms with Gasteiger partial charge in [0.05, 0.1) is 18.8 Å². The van der Waals surface area contributed by atoms with Gasteiger partial charge in [-0.1, -0.05) is 0 Å². The molecule has 0 saturated carbocycles. The number of nitrogens with zero attached hydrogens (tertiary/aromatic N) is 3. The molecule has 2 rings (SSSR count). The van der Waals surface area contributed by atoms with E-state index in [1.165, 1.54) is 6.92 Å². The first kappa shape index (κ1) is 22.0. The minimum Gasteiger partial charge on any atom is -0.377 e. The van der Waals surface area contributed by atoms with Crippen molar-refractivity contribution in [2.75, 3.05) is 59.5 Å². The fraction of sp³-hybridized carbons (Fsp3) is 1.00. The molecule has 2 N–H and O–H groups in total. The highest BCUT2D eigenvalue weighted by Gasteiger charge is 2.35. The molecule has 2 saturated heterocycles. The second-order valence-electron chi connectivity index (χ2n) is 8.12. The van der Waals surface area contributed by atoms with Gasteiger partial charge < -0.3 is 20.3 Å². The highest BCUT2D eigenvalue weighted by molar-refractivity contribution is 4.88. The Kier molecular flexibility index (Phi) is 9.17. The number of nitrogens with two attached hydrogens (primary N) is 1. The molecular formula is C19H38F2N4O. The lowest BCUT2D eigenvalue weighted by molar-refractivity contribution is -0.0151. The van der Waals surface area contributed by atoms with Crippen LogP contribution in [-0.4, -0.2) is 105 Å². The average Bonchev–Trinajstić information content (AvgIpc) is 2.58. The molecule has 154 valence electrons. The van der Waals surface area contributed by atoms with Gasteiger partial charge in [-0.2, -0.15) is 0 Å². The summed E-state index contributed by atoms with van der Waals surface area (Å²) in [4.78, 5) is 6.52. The van der Waals surface area contributed by atoms with Gasteiger partial charge in [0.2, 0.25) is 0 Å². The Hall–Kier alpha value is -0.340. The van der Waals surface area contributed by atoms with Crippen LogP contribution in [0.4, 0.5) is 8.78 Å². The molecule has 0 aliphatic carbocycles. The van der Waals surface area contributed by atoms with Gasteiger partial charge in [-0.3, -0.25) is 4.90 Å². The van der Waals surface area contributed by atoms with Crippen molar-refractivity contribution in [1.82, 2.24) is 14.7 Å². The topological polar surface area (TPSA) is 45.0 Å². The molecule has 2 aliphatic rings. The first-order valence-electron chi connectivity index (χ1n) is 10.2. The van der Waals surface area contributed by atoms with Gasteiger partial charge in [-0.15, -0.1) is 0 Å². The normalized spacial score (nSPS) is 26.5. The highest BCUT2D eigenvalue weighted by Crippen LogP contribution is 2.21. The maximum Gasteiger partial charge on any atom is 0.121 e. The minimum absolute atomic E-state index is 0.203. The summed E-state index contributed by atoms with van der Waals surface area (Å²) in [6, 6.07) is -0.342. The summed E-state index contributed by atoms with van der Waals surface area (Å²) in [5, 5.41) is 0. The Morgan fingerprint density at radius 1 is 1.04 bits per heavy atom. The number of piperidine rings is 1. The molecule has 0 aromatic rings. The molecule has 5 nitrogen and oxygen atoms in total. The van der Waals surface area contributed by atoms with Crippen molar-refractivity contribution in [1.29, 1.82) is 0 Å². The Bertz CT molecular complexity index is 386. The second kappa shape index (κ2) is 10.9. The van der Waals surface area contributed by atoms with Crippen molar-refractivity contribution in [3.8, 4) is 0 Å². The van der Waals surface area contributed by atoms with Crippen LogP contribution >= 0.6 is 0 Å². The Labute approximate surface area is 157 Å². The van der Waals surface area contributed by atoms with Gasteiger partial charge in [0.15, 0.2) is 0 Å². The van der Waals surface area contributed by atoms with Crippen LogP contribution in [0.3, 0.4) is 0 Å². The maximum absolute atomic E-state index is 14.9. The molecule has 7 heteroatoms. The number of hydrogen-bond acceptors (Lipinski definition) is 5. The molecule has 0 spiro atoms. The van der Waals surface area contributed by atoms with Gasteiger partial charge >= 0.3 is 0 Å². The summed E-state index contributed by atoms with van der Waals surface area (Å²) < 4.78 is 34.8. The Balaban J connectivity index is 1.70. The van der Waals surface area contributed by atoms with Crippen LogP contribution in [0.2, 0.25) is 0 Å². The average molecular weight is 377 g/mol. The molecule has 0 amide bonds. The predicted molar refractivity (Wildman–Crippen MR) is 102 cm³/mol. The third kappa shape index (κ3) is 7.00. The number of piperazine rings is 1. The number of likely N-dealkylation sites (N-methyl/N-ethyl adjacent to an activating group) is 1. The third-order valence-corrected chi connectivity index (χ3v) is 5.80. The van der Waals surface area contributed by atoms with Gasteiger partial charge in [-0.25, -0.2) is 8.78 Å². The van der Waals surface area contributed by atoms with Crippen LogP contribution in [0.1, 0.15) is 33.1 Å². The van der Waals surface area contributed by atoms with E-state index in [0.717, 1.165) is 58.7 Å². The van der Waals surface area contributed by atoms with Crippen LogP contribution in [-0.2, 0) is 4.74 Å². The van der Waals surface area contributed by atoms with Crippen LogP contribution in [0.25, 0.3) is 0 Å². The van der Waals surface area contributed by atoms with Crippen molar-refractivity contribution in [2.45, 2.75) is 63.6 Å². The van der Waals surface area contributed by atoms with Gasteiger partial charge in [0.25, 0.3) is 0 Å². The molecular weight excluding hydrogens is 338 g/mol. The first-order chi connectivity index (χ1) is 12.4. The van der Waals surface area contributed by atoms with Crippen LogP contribution in [0.15, 0.2) is 0 Å². The van der Waals surface area contributed by atoms with Crippen LogP contribution in [0, 0.1) is 0 Å². The van der Waals surface area contributed by atoms with E-state index >= 15 is 0 Å². The third-order valence-electron chi connectivity index (χ3n) is 5.80. The van der Waals surface area contributed by atoms with Crippen molar-refractivity contribution in [2.24, 2.45) is 5.73 Å². The fourth-order valence-electron chi connectivity index (χ4n) is 4.01. The number of halogens is 2. The molecule has 4 unspecified atom stereocenters. The molecule has 0 aromatic heterocycles. The number of hydrogen-bond donors (Lipinski definition) is 1. The first-order valence-corrected chi connectivity index (χ1v) is 10.2. The molecule has 2 aliphatic heterocycles. The lowest BCUT2D eigenvalue weighted by atomic mass is 10.00. The zero-order valence-corrected chi connectivity index (χ0v) is 16.7. The zero-order chi connectivity index (χ0) is 19.1. The minimum atomic E-state index is -1.21. The number of alkyl halides is 2. The van der Waals surface area contributed by atoms with Gasteiger partial charge in [0.1, 0.15) is 12.3 Å². The highest BCUT2D eigenvalue weighted by atomic mass is 19.1. The Morgan fingerprint density at radius 3 is 2.23 bits per heavy atom. The lowest BCUT2D eigenvalue weighted by Gasteiger charge is -2.40. The molecule has 2 heterocycles. The molecule has 26 heavy (non-hydrogen) atoms. The van der Waals surface area contributed by atoms with E-state index in [0.29, 0.717) is 12.6 Å². The summed E-state index contributed by atoms with van der Waals surface area (Å²) in [6.07, 6.45) is -0.284. The number of ether oxygens (including phenoxy) is 1. The van der Waals surface area contributed by atoms with Crippen LogP contribution < -0.4 is 5.73 Å². The maximum atomic E-state index is 14.9. The number of likely N-dealkylation sites (tertiary alicyclic amines) is 1. The van der Waals surface area contributed by atoms with E-state index in [1.54, 1.807) is 0 Å². The zero-order valence-electron chi connectivity index (χ0n) is 16.7. The van der Waals surface area contributed by atoms with E-state index in [1.807, 2.05) is 18.9 Å². The summed E-state index contributed by atoms with van der Waals surface area (Å²) in [5.74, 6) is 0. The lowest BCUT2D eigenvalue weighted by Crippen LogP contribution is -2.55. The summed E-state index contributed by atoms with van der Waals surface area (Å²) >= 11 is 0. The van der Waals surface area contributed by atoms with Crippen molar-refractivity contribution >= 4 is 0 Å². The monoisotopic (exact) mass is 376 g/mol. The summed E-state index contributed by atoms with van der Waals surface area (Å²) in [5.41, 5.74) is 5.91. The fourth-order valence-corrected chi connectivity index (χ4v) is 4.01. The molecule has 0 bridgehead atoms. The number of rotatable bonds is 9. The molecule has 2 fully saturated rings. The predicted octanol–water partition coefficient (Wildman–Crippen LogP) is 1.52. The van der Waals surface area contributed by atoms with Crippen molar-refractivity contribution in [3.63, 3.8) is 0 Å². The van der Waals surface area contributed by atoms with Crippen molar-refractivity contribution < 1.29 is 13.5 Å².